The number of nitrogens with zero attached hydrogens (tertiary/aromatic N) is 4. The molecule has 0 saturated carbocycles. The number of benzene rings is 2. The lowest BCUT2D eigenvalue weighted by Crippen LogP contribution is -2.23. The van der Waals surface area contributed by atoms with Crippen molar-refractivity contribution in [1.82, 2.24) is 14.9 Å². The molecule has 7 nitrogen and oxygen atoms in total. The van der Waals surface area contributed by atoms with Crippen molar-refractivity contribution >= 4 is 34.0 Å². The number of nitrogens with one attached hydrogen (secondary N) is 1. The summed E-state index contributed by atoms with van der Waals surface area (Å²) in [5.41, 5.74) is 3.83. The van der Waals surface area contributed by atoms with Gasteiger partial charge in [0, 0.05) is 36.3 Å². The Morgan fingerprint density at radius 2 is 2.03 bits per heavy atom. The molecule has 0 unspecified atom stereocenters. The van der Waals surface area contributed by atoms with Crippen LogP contribution in [0.15, 0.2) is 54.9 Å². The zero-order valence-electron chi connectivity index (χ0n) is 18.8. The van der Waals surface area contributed by atoms with Crippen molar-refractivity contribution < 1.29 is 9.53 Å². The maximum absolute atomic E-state index is 12.6. The first-order chi connectivity index (χ1) is 15.6. The highest BCUT2D eigenvalue weighted by Gasteiger charge is 2.23. The van der Waals surface area contributed by atoms with Gasteiger partial charge in [-0.2, -0.15) is 0 Å². The van der Waals surface area contributed by atoms with Crippen molar-refractivity contribution in [2.75, 3.05) is 43.5 Å². The molecule has 1 aliphatic rings. The largest absolute Gasteiger partial charge is 0.494 e. The zero-order valence-corrected chi connectivity index (χ0v) is 18.8. The first-order valence-electron chi connectivity index (χ1n) is 11.0. The number of hydrogen-bond acceptors (Lipinski definition) is 6. The van der Waals surface area contributed by atoms with Crippen LogP contribution in [0.3, 0.4) is 0 Å². The van der Waals surface area contributed by atoms with Crippen LogP contribution in [0.4, 0.5) is 17.2 Å². The van der Waals surface area contributed by atoms with Gasteiger partial charge >= 0.3 is 0 Å². The number of amides is 1. The average Bonchev–Trinajstić information content (AvgIpc) is 3.25. The molecule has 1 amide bonds. The van der Waals surface area contributed by atoms with E-state index >= 15 is 0 Å². The molecule has 2 aromatic carbocycles. The van der Waals surface area contributed by atoms with Crippen LogP contribution in [0.5, 0.6) is 5.75 Å². The first kappa shape index (κ1) is 21.8. The van der Waals surface area contributed by atoms with Gasteiger partial charge in [-0.15, -0.1) is 0 Å². The molecule has 3 aromatic rings. The number of likely N-dealkylation sites (N-methyl/N-ethyl adjacent to an activating group) is 1. The summed E-state index contributed by atoms with van der Waals surface area (Å²) in [6.45, 7) is 7.70. The molecular formula is C25H29N5O2. The third kappa shape index (κ3) is 4.43. The van der Waals surface area contributed by atoms with Crippen molar-refractivity contribution in [3.8, 4) is 5.75 Å². The molecule has 0 fully saturated rings. The number of carbonyl (C=O) groups excluding carboxylic acids is 1. The Balaban J connectivity index is 1.65. The zero-order chi connectivity index (χ0) is 22.5. The van der Waals surface area contributed by atoms with Crippen LogP contribution in [0.1, 0.15) is 19.4 Å². The van der Waals surface area contributed by atoms with Gasteiger partial charge in [-0.05, 0) is 37.2 Å². The summed E-state index contributed by atoms with van der Waals surface area (Å²) in [5.74, 6) is 1.20. The molecule has 0 saturated heterocycles. The van der Waals surface area contributed by atoms with E-state index in [0.717, 1.165) is 55.0 Å². The SMILES string of the molecule is CCN(CC)C/C=C/C(=O)Nc1cc2c(N3CCc4ccccc43)ncnc2cc1OC. The minimum Gasteiger partial charge on any atom is -0.494 e. The van der Waals surface area contributed by atoms with Crippen LogP contribution in [-0.2, 0) is 11.2 Å². The minimum absolute atomic E-state index is 0.195. The summed E-state index contributed by atoms with van der Waals surface area (Å²) in [4.78, 5) is 26.0. The van der Waals surface area contributed by atoms with Crippen molar-refractivity contribution in [2.24, 2.45) is 0 Å². The normalized spacial score (nSPS) is 13.2. The molecule has 1 aliphatic heterocycles. The Hall–Kier alpha value is -3.45. The second-order valence-corrected chi connectivity index (χ2v) is 7.67. The summed E-state index contributed by atoms with van der Waals surface area (Å²) in [6.07, 6.45) is 6.00. The summed E-state index contributed by atoms with van der Waals surface area (Å²) in [6, 6.07) is 12.1. The van der Waals surface area contributed by atoms with Crippen LogP contribution in [0.2, 0.25) is 0 Å². The van der Waals surface area contributed by atoms with Gasteiger partial charge in [0.05, 0.1) is 18.3 Å². The Labute approximate surface area is 188 Å². The van der Waals surface area contributed by atoms with Crippen molar-refractivity contribution in [2.45, 2.75) is 20.3 Å². The van der Waals surface area contributed by atoms with Gasteiger partial charge in [0.15, 0.2) is 0 Å². The number of methoxy groups -OCH3 is 1. The number of ether oxygens (including phenoxy) is 1. The first-order valence-corrected chi connectivity index (χ1v) is 11.0. The van der Waals surface area contributed by atoms with Crippen molar-refractivity contribution in [3.63, 3.8) is 0 Å². The van der Waals surface area contributed by atoms with Gasteiger partial charge in [0.1, 0.15) is 17.9 Å². The molecule has 1 aromatic heterocycles. The molecule has 7 heteroatoms. The Morgan fingerprint density at radius 1 is 1.22 bits per heavy atom. The van der Waals surface area contributed by atoms with Gasteiger partial charge in [0.2, 0.25) is 5.91 Å². The van der Waals surface area contributed by atoms with E-state index in [2.05, 4.69) is 57.1 Å². The van der Waals surface area contributed by atoms with Gasteiger partial charge in [-0.3, -0.25) is 4.79 Å². The van der Waals surface area contributed by atoms with E-state index in [0.29, 0.717) is 11.4 Å². The fraction of sp³-hybridized carbons (Fsp3) is 0.320. The lowest BCUT2D eigenvalue weighted by Gasteiger charge is -2.20. The second-order valence-electron chi connectivity index (χ2n) is 7.67. The molecule has 2 heterocycles. The minimum atomic E-state index is -0.195. The number of aromatic nitrogens is 2. The number of rotatable bonds is 8. The van der Waals surface area contributed by atoms with E-state index in [1.165, 1.54) is 5.56 Å². The summed E-state index contributed by atoms with van der Waals surface area (Å²) >= 11 is 0. The highest BCUT2D eigenvalue weighted by Crippen LogP contribution is 2.39. The quantitative estimate of drug-likeness (QED) is 0.540. The van der Waals surface area contributed by atoms with Crippen molar-refractivity contribution in [3.05, 3.63) is 60.4 Å². The number of para-hydroxylation sites is 1. The van der Waals surface area contributed by atoms with Crippen molar-refractivity contribution in [1.29, 1.82) is 0 Å². The highest BCUT2D eigenvalue weighted by atomic mass is 16.5. The maximum atomic E-state index is 12.6. The van der Waals surface area contributed by atoms with E-state index in [9.17, 15) is 4.79 Å². The fourth-order valence-electron chi connectivity index (χ4n) is 4.08. The molecular weight excluding hydrogens is 402 g/mol. The van der Waals surface area contributed by atoms with Crippen LogP contribution in [0.25, 0.3) is 10.9 Å². The Bertz CT molecular complexity index is 1140. The van der Waals surface area contributed by atoms with Crippen LogP contribution in [0, 0.1) is 0 Å². The summed E-state index contributed by atoms with van der Waals surface area (Å²) < 4.78 is 5.53. The number of anilines is 3. The van der Waals surface area contributed by atoms with E-state index < -0.39 is 0 Å². The van der Waals surface area contributed by atoms with E-state index in [1.54, 1.807) is 19.5 Å². The van der Waals surface area contributed by atoms with Crippen LogP contribution < -0.4 is 15.0 Å². The predicted molar refractivity (Wildman–Crippen MR) is 129 cm³/mol. The number of carbonyl (C=O) groups is 1. The van der Waals surface area contributed by atoms with Crippen LogP contribution in [-0.4, -0.2) is 54.1 Å². The highest BCUT2D eigenvalue weighted by molar-refractivity contribution is 6.03. The molecule has 32 heavy (non-hydrogen) atoms. The molecule has 0 radical (unpaired) electrons. The standard InChI is InChI=1S/C25H29N5O2/c1-4-29(5-2)13-8-11-24(31)28-21-15-19-20(16-23(21)32-3)26-17-27-25(19)30-14-12-18-9-6-7-10-22(18)30/h6-11,15-17H,4-5,12-14H2,1-3H3,(H,28,31)/b11-8+. The molecule has 4 rings (SSSR count). The molecule has 1 N–H and O–H groups in total. The third-order valence-electron chi connectivity index (χ3n) is 5.86. The molecule has 0 bridgehead atoms. The third-order valence-corrected chi connectivity index (χ3v) is 5.86. The van der Waals surface area contributed by atoms with E-state index in [1.807, 2.05) is 24.3 Å². The van der Waals surface area contributed by atoms with E-state index in [4.69, 9.17) is 4.74 Å². The summed E-state index contributed by atoms with van der Waals surface area (Å²) in [7, 11) is 1.59. The Kier molecular flexibility index (Phi) is 6.66. The van der Waals surface area contributed by atoms with Gasteiger partial charge < -0.3 is 19.9 Å². The molecule has 0 atom stereocenters. The van der Waals surface area contributed by atoms with Gasteiger partial charge in [0.25, 0.3) is 0 Å². The lowest BCUT2D eigenvalue weighted by molar-refractivity contribution is -0.111. The smallest absolute Gasteiger partial charge is 0.248 e. The second kappa shape index (κ2) is 9.78. The average molecular weight is 432 g/mol. The maximum Gasteiger partial charge on any atom is 0.248 e. The van der Waals surface area contributed by atoms with Crippen LogP contribution >= 0.6 is 0 Å². The topological polar surface area (TPSA) is 70.6 Å². The summed E-state index contributed by atoms with van der Waals surface area (Å²) in [5, 5.41) is 3.82. The monoisotopic (exact) mass is 431 g/mol. The van der Waals surface area contributed by atoms with Gasteiger partial charge in [-0.1, -0.05) is 38.1 Å². The molecule has 0 spiro atoms. The number of hydrogen-bond donors (Lipinski definition) is 1. The number of fused-ring (bicyclic) bond motifs is 2. The fourth-order valence-corrected chi connectivity index (χ4v) is 4.08. The molecule has 0 aliphatic carbocycles. The predicted octanol–water partition coefficient (Wildman–Crippen LogP) is 4.17. The molecule has 166 valence electrons. The van der Waals surface area contributed by atoms with E-state index in [-0.39, 0.29) is 5.91 Å². The van der Waals surface area contributed by atoms with Gasteiger partial charge in [-0.25, -0.2) is 9.97 Å². The Morgan fingerprint density at radius 3 is 2.81 bits per heavy atom. The lowest BCUT2D eigenvalue weighted by atomic mass is 10.1.